The van der Waals surface area contributed by atoms with E-state index in [2.05, 4.69) is 5.92 Å². The van der Waals surface area contributed by atoms with E-state index >= 15 is 0 Å². The minimum atomic E-state index is -0.618. The third-order valence-corrected chi connectivity index (χ3v) is 3.15. The fourth-order valence-electron chi connectivity index (χ4n) is 2.13. The quantitative estimate of drug-likeness (QED) is 0.834. The molecular weight excluding hydrogens is 268 g/mol. The van der Waals surface area contributed by atoms with Crippen molar-refractivity contribution in [2.75, 3.05) is 0 Å². The maximum absolute atomic E-state index is 13.9. The largest absolute Gasteiger partial charge is 0.398 e. The molecule has 2 N–H and O–H groups in total. The summed E-state index contributed by atoms with van der Waals surface area (Å²) in [4.78, 5) is 0. The van der Waals surface area contributed by atoms with Crippen molar-refractivity contribution < 1.29 is 8.78 Å². The lowest BCUT2D eigenvalue weighted by Gasteiger charge is -2.10. The van der Waals surface area contributed by atoms with Gasteiger partial charge in [0.1, 0.15) is 11.6 Å². The summed E-state index contributed by atoms with van der Waals surface area (Å²) in [5.41, 5.74) is 8.79. The van der Waals surface area contributed by atoms with Gasteiger partial charge in [-0.25, -0.2) is 8.78 Å². The highest BCUT2D eigenvalue weighted by Crippen LogP contribution is 2.27. The molecule has 0 atom stereocenters. The second kappa shape index (κ2) is 6.23. The average molecular weight is 283 g/mol. The van der Waals surface area contributed by atoms with Crippen molar-refractivity contribution in [1.82, 2.24) is 0 Å². The van der Waals surface area contributed by atoms with Crippen LogP contribution in [0.25, 0.3) is 16.8 Å². The van der Waals surface area contributed by atoms with Gasteiger partial charge in [-0.1, -0.05) is 25.0 Å². The van der Waals surface area contributed by atoms with E-state index < -0.39 is 11.6 Å². The van der Waals surface area contributed by atoms with Crippen LogP contribution in [0.5, 0.6) is 0 Å². The molecule has 21 heavy (non-hydrogen) atoms. The van der Waals surface area contributed by atoms with Gasteiger partial charge in [-0.15, -0.1) is 6.42 Å². The van der Waals surface area contributed by atoms with Gasteiger partial charge in [0.15, 0.2) is 0 Å². The van der Waals surface area contributed by atoms with E-state index in [0.717, 1.165) is 12.5 Å². The van der Waals surface area contributed by atoms with Gasteiger partial charge < -0.3 is 5.73 Å². The Morgan fingerprint density at radius 2 is 2.00 bits per heavy atom. The highest BCUT2D eigenvalue weighted by atomic mass is 19.1. The van der Waals surface area contributed by atoms with E-state index in [0.29, 0.717) is 28.0 Å². The molecule has 0 bridgehead atoms. The summed E-state index contributed by atoms with van der Waals surface area (Å²) in [7, 11) is 0. The van der Waals surface area contributed by atoms with Crippen molar-refractivity contribution in [3.63, 3.8) is 0 Å². The van der Waals surface area contributed by atoms with E-state index in [1.165, 1.54) is 12.1 Å². The second-order valence-electron chi connectivity index (χ2n) is 4.60. The van der Waals surface area contributed by atoms with Crippen LogP contribution in [0, 0.1) is 24.0 Å². The van der Waals surface area contributed by atoms with Crippen molar-refractivity contribution >= 4 is 5.70 Å². The normalized spacial score (nSPS) is 11.2. The molecule has 2 rings (SSSR count). The van der Waals surface area contributed by atoms with Gasteiger partial charge >= 0.3 is 0 Å². The summed E-state index contributed by atoms with van der Waals surface area (Å²) in [6, 6.07) is 8.62. The summed E-state index contributed by atoms with van der Waals surface area (Å²) in [6.07, 6.45) is 8.08. The molecule has 2 aromatic carbocycles. The Kier molecular flexibility index (Phi) is 4.39. The SMILES string of the molecule is C#Cc1ccc(-c2ccc(F)cc2F)cc1/C(N)=C\CC. The molecule has 3 heteroatoms. The summed E-state index contributed by atoms with van der Waals surface area (Å²) in [5.74, 6) is 1.34. The van der Waals surface area contributed by atoms with Crippen LogP contribution in [0.1, 0.15) is 24.5 Å². The van der Waals surface area contributed by atoms with Gasteiger partial charge in [-0.2, -0.15) is 0 Å². The second-order valence-corrected chi connectivity index (χ2v) is 4.60. The molecule has 0 unspecified atom stereocenters. The first kappa shape index (κ1) is 14.8. The van der Waals surface area contributed by atoms with Gasteiger partial charge in [-0.3, -0.25) is 0 Å². The van der Waals surface area contributed by atoms with Crippen LogP contribution in [0.4, 0.5) is 8.78 Å². The van der Waals surface area contributed by atoms with E-state index in [-0.39, 0.29) is 0 Å². The predicted molar refractivity (Wildman–Crippen MR) is 82.2 cm³/mol. The Bertz CT molecular complexity index is 739. The Labute approximate surface area is 123 Å². The van der Waals surface area contributed by atoms with Crippen LogP contribution in [0.2, 0.25) is 0 Å². The number of rotatable bonds is 3. The zero-order chi connectivity index (χ0) is 15.4. The zero-order valence-corrected chi connectivity index (χ0v) is 11.7. The molecular formula is C18H15F2N. The van der Waals surface area contributed by atoms with Gasteiger partial charge in [0, 0.05) is 28.5 Å². The summed E-state index contributed by atoms with van der Waals surface area (Å²) >= 11 is 0. The van der Waals surface area contributed by atoms with E-state index in [1.807, 2.05) is 13.0 Å². The summed E-state index contributed by atoms with van der Waals surface area (Å²) < 4.78 is 26.9. The monoisotopic (exact) mass is 283 g/mol. The fourth-order valence-corrected chi connectivity index (χ4v) is 2.13. The summed E-state index contributed by atoms with van der Waals surface area (Å²) in [5, 5.41) is 0. The molecule has 0 aliphatic carbocycles. The first-order chi connectivity index (χ1) is 10.1. The van der Waals surface area contributed by atoms with Crippen molar-refractivity contribution in [2.24, 2.45) is 5.73 Å². The van der Waals surface area contributed by atoms with E-state index in [1.54, 1.807) is 18.2 Å². The van der Waals surface area contributed by atoms with E-state index in [4.69, 9.17) is 12.2 Å². The van der Waals surface area contributed by atoms with Crippen molar-refractivity contribution in [1.29, 1.82) is 0 Å². The molecule has 0 radical (unpaired) electrons. The third-order valence-electron chi connectivity index (χ3n) is 3.15. The van der Waals surface area contributed by atoms with Gasteiger partial charge in [-0.05, 0) is 36.2 Å². The number of benzene rings is 2. The number of nitrogens with two attached hydrogens (primary N) is 1. The molecule has 0 aromatic heterocycles. The van der Waals surface area contributed by atoms with Gasteiger partial charge in [0.25, 0.3) is 0 Å². The molecule has 0 heterocycles. The van der Waals surface area contributed by atoms with Crippen LogP contribution >= 0.6 is 0 Å². The van der Waals surface area contributed by atoms with E-state index in [9.17, 15) is 8.78 Å². The van der Waals surface area contributed by atoms with Crippen molar-refractivity contribution in [2.45, 2.75) is 13.3 Å². The lowest BCUT2D eigenvalue weighted by atomic mass is 9.97. The number of hydrogen-bond acceptors (Lipinski definition) is 1. The molecule has 106 valence electrons. The first-order valence-electron chi connectivity index (χ1n) is 6.59. The van der Waals surface area contributed by atoms with Crippen molar-refractivity contribution in [3.8, 4) is 23.5 Å². The topological polar surface area (TPSA) is 26.0 Å². The fraction of sp³-hybridized carbons (Fsp3) is 0.111. The lowest BCUT2D eigenvalue weighted by molar-refractivity contribution is 0.585. The number of allylic oxidation sites excluding steroid dienone is 1. The molecule has 0 amide bonds. The predicted octanol–water partition coefficient (Wildman–Crippen LogP) is 4.32. The minimum absolute atomic E-state index is 0.311. The smallest absolute Gasteiger partial charge is 0.133 e. The average Bonchev–Trinajstić information content (AvgIpc) is 2.47. The number of terminal acetylenes is 1. The van der Waals surface area contributed by atoms with Crippen molar-refractivity contribution in [3.05, 3.63) is 65.2 Å². The Morgan fingerprint density at radius 1 is 1.24 bits per heavy atom. The van der Waals surface area contributed by atoms with Crippen LogP contribution < -0.4 is 5.73 Å². The molecule has 0 spiro atoms. The number of halogens is 2. The molecule has 0 aliphatic rings. The maximum atomic E-state index is 13.9. The molecule has 1 nitrogen and oxygen atoms in total. The molecule has 0 aliphatic heterocycles. The first-order valence-corrected chi connectivity index (χ1v) is 6.59. The zero-order valence-electron chi connectivity index (χ0n) is 11.7. The molecule has 0 saturated carbocycles. The standard InChI is InChI=1S/C18H15F2N/c1-3-5-18(21)16-10-13(7-6-12(16)4-2)15-9-8-14(19)11-17(15)20/h2,5-11H,3,21H2,1H3/b18-5+. The third kappa shape index (κ3) is 3.11. The van der Waals surface area contributed by atoms with Gasteiger partial charge in [0.05, 0.1) is 0 Å². The highest BCUT2D eigenvalue weighted by molar-refractivity contribution is 5.75. The summed E-state index contributed by atoms with van der Waals surface area (Å²) in [6.45, 7) is 1.96. The molecule has 0 saturated heterocycles. The molecule has 2 aromatic rings. The van der Waals surface area contributed by atoms with Gasteiger partial charge in [0.2, 0.25) is 0 Å². The molecule has 0 fully saturated rings. The Morgan fingerprint density at radius 3 is 2.62 bits per heavy atom. The maximum Gasteiger partial charge on any atom is 0.133 e. The highest BCUT2D eigenvalue weighted by Gasteiger charge is 2.10. The van der Waals surface area contributed by atoms with Crippen LogP contribution in [0.15, 0.2) is 42.5 Å². The Balaban J connectivity index is 2.59. The van der Waals surface area contributed by atoms with Crippen LogP contribution in [0.3, 0.4) is 0 Å². The Hall–Kier alpha value is -2.60. The van der Waals surface area contributed by atoms with Crippen LogP contribution in [-0.2, 0) is 0 Å². The minimum Gasteiger partial charge on any atom is -0.398 e. The number of hydrogen-bond donors (Lipinski definition) is 1. The van der Waals surface area contributed by atoms with Crippen LogP contribution in [-0.4, -0.2) is 0 Å². The lowest BCUT2D eigenvalue weighted by Crippen LogP contribution is -2.00.